The van der Waals surface area contributed by atoms with Crippen LogP contribution < -0.4 is 5.32 Å². The monoisotopic (exact) mass is 511 g/mol. The maximum atomic E-state index is 13.7. The summed E-state index contributed by atoms with van der Waals surface area (Å²) in [5, 5.41) is 11.8. The van der Waals surface area contributed by atoms with E-state index >= 15 is 0 Å². The predicted octanol–water partition coefficient (Wildman–Crippen LogP) is 4.90. The van der Waals surface area contributed by atoms with Gasteiger partial charge in [0.15, 0.2) is 0 Å². The van der Waals surface area contributed by atoms with E-state index in [0.29, 0.717) is 17.4 Å². The zero-order valence-electron chi connectivity index (χ0n) is 22.8. The Labute approximate surface area is 224 Å². The van der Waals surface area contributed by atoms with Gasteiger partial charge in [-0.05, 0) is 79.5 Å². The van der Waals surface area contributed by atoms with E-state index in [-0.39, 0.29) is 11.3 Å². The van der Waals surface area contributed by atoms with Crippen LogP contribution in [0.5, 0.6) is 0 Å². The van der Waals surface area contributed by atoms with Crippen LogP contribution in [0, 0.1) is 11.8 Å². The highest BCUT2D eigenvalue weighted by atomic mass is 16.1. The number of amides is 1. The van der Waals surface area contributed by atoms with Crippen LogP contribution in [0.2, 0.25) is 0 Å². The average molecular weight is 512 g/mol. The molecule has 0 radical (unpaired) electrons. The molecule has 2 aromatic heterocycles. The lowest BCUT2D eigenvalue weighted by Gasteiger charge is -2.46. The molecule has 1 saturated carbocycles. The summed E-state index contributed by atoms with van der Waals surface area (Å²) in [4.78, 5) is 20.8. The van der Waals surface area contributed by atoms with Crippen molar-refractivity contribution >= 4 is 22.6 Å². The average Bonchev–Trinajstić information content (AvgIpc) is 3.47. The van der Waals surface area contributed by atoms with Gasteiger partial charge in [0.25, 0.3) is 5.91 Å². The first-order chi connectivity index (χ1) is 18.3. The summed E-state index contributed by atoms with van der Waals surface area (Å²) in [6.07, 6.45) is 8.11. The van der Waals surface area contributed by atoms with Crippen molar-refractivity contribution in [1.82, 2.24) is 29.2 Å². The predicted molar refractivity (Wildman–Crippen MR) is 149 cm³/mol. The highest BCUT2D eigenvalue weighted by molar-refractivity contribution is 6.11. The highest BCUT2D eigenvalue weighted by Gasteiger charge is 2.48. The third kappa shape index (κ3) is 4.41. The normalized spacial score (nSPS) is 23.9. The molecule has 0 unspecified atom stereocenters. The van der Waals surface area contributed by atoms with Gasteiger partial charge in [-0.25, -0.2) is 4.98 Å². The molecule has 1 saturated heterocycles. The second-order valence-electron chi connectivity index (χ2n) is 11.7. The van der Waals surface area contributed by atoms with Gasteiger partial charge in [0.1, 0.15) is 17.7 Å². The van der Waals surface area contributed by atoms with E-state index in [1.54, 1.807) is 12.7 Å². The molecule has 2 aliphatic rings. The Morgan fingerprint density at radius 3 is 2.66 bits per heavy atom. The molecule has 198 valence electrons. The van der Waals surface area contributed by atoms with Crippen molar-refractivity contribution in [2.75, 3.05) is 18.4 Å². The minimum absolute atomic E-state index is 0.130. The van der Waals surface area contributed by atoms with Crippen molar-refractivity contribution in [2.45, 2.75) is 51.5 Å². The Hall–Kier alpha value is -3.52. The third-order valence-electron chi connectivity index (χ3n) is 8.49. The van der Waals surface area contributed by atoms with E-state index in [4.69, 9.17) is 0 Å². The SMILES string of the molecule is CC1CC(c2cccc(NC(=O)c3cc(CN4CCC[C@H](C)C4)cc4c3ncn4C)c2)(c2nncn2C)C1. The number of nitrogens with one attached hydrogen (secondary N) is 1. The van der Waals surface area contributed by atoms with E-state index in [9.17, 15) is 4.79 Å². The van der Waals surface area contributed by atoms with Crippen molar-refractivity contribution in [3.8, 4) is 0 Å². The summed E-state index contributed by atoms with van der Waals surface area (Å²) in [7, 11) is 3.99. The maximum Gasteiger partial charge on any atom is 0.257 e. The molecule has 8 heteroatoms. The Balaban J connectivity index is 1.30. The third-order valence-corrected chi connectivity index (χ3v) is 8.49. The van der Waals surface area contributed by atoms with E-state index in [2.05, 4.69) is 57.4 Å². The number of likely N-dealkylation sites (tertiary alicyclic amines) is 1. The van der Waals surface area contributed by atoms with Crippen molar-refractivity contribution in [1.29, 1.82) is 0 Å². The molecule has 2 fully saturated rings. The molecule has 0 bridgehead atoms. The van der Waals surface area contributed by atoms with Gasteiger partial charge in [-0.3, -0.25) is 9.69 Å². The largest absolute Gasteiger partial charge is 0.334 e. The number of hydrogen-bond acceptors (Lipinski definition) is 5. The molecule has 0 spiro atoms. The van der Waals surface area contributed by atoms with Crippen LogP contribution in [0.15, 0.2) is 49.1 Å². The number of hydrogen-bond donors (Lipinski definition) is 1. The molecule has 3 heterocycles. The molecule has 2 aromatic carbocycles. The molecule has 8 nitrogen and oxygen atoms in total. The van der Waals surface area contributed by atoms with Crippen LogP contribution in [-0.2, 0) is 26.1 Å². The number of imidazole rings is 1. The van der Waals surface area contributed by atoms with Gasteiger partial charge in [0, 0.05) is 32.9 Å². The standard InChI is InChI=1S/C30H37N7O/c1-20-7-6-10-37(16-20)17-22-11-25(27-26(12-22)35(3)18-31-27)28(38)33-24-9-5-8-23(13-24)30(14-21(2)15-30)29-34-32-19-36(29)4/h5,8-9,11-13,18-21H,6-7,10,14-17H2,1-4H3,(H,33,38)/t20-,21?,30?/m0/s1. The molecule has 1 atom stereocenters. The smallest absolute Gasteiger partial charge is 0.257 e. The second kappa shape index (κ2) is 9.66. The van der Waals surface area contributed by atoms with E-state index < -0.39 is 0 Å². The molecular formula is C30H37N7O. The van der Waals surface area contributed by atoms with Gasteiger partial charge in [-0.1, -0.05) is 26.0 Å². The number of aromatic nitrogens is 5. The topological polar surface area (TPSA) is 80.9 Å². The van der Waals surface area contributed by atoms with Crippen molar-refractivity contribution in [3.05, 3.63) is 71.6 Å². The highest BCUT2D eigenvalue weighted by Crippen LogP contribution is 2.51. The van der Waals surface area contributed by atoms with Gasteiger partial charge in [-0.2, -0.15) is 0 Å². The Morgan fingerprint density at radius 1 is 1.08 bits per heavy atom. The van der Waals surface area contributed by atoms with Crippen LogP contribution in [0.25, 0.3) is 11.0 Å². The van der Waals surface area contributed by atoms with Crippen LogP contribution >= 0.6 is 0 Å². The zero-order chi connectivity index (χ0) is 26.4. The summed E-state index contributed by atoms with van der Waals surface area (Å²) in [5.74, 6) is 2.18. The quantitative estimate of drug-likeness (QED) is 0.398. The van der Waals surface area contributed by atoms with Gasteiger partial charge in [0.05, 0.1) is 22.8 Å². The van der Waals surface area contributed by atoms with Crippen molar-refractivity contribution in [2.24, 2.45) is 25.9 Å². The molecule has 1 aliphatic heterocycles. The fraction of sp³-hybridized carbons (Fsp3) is 0.467. The number of piperidine rings is 1. The lowest BCUT2D eigenvalue weighted by atomic mass is 9.58. The number of carbonyl (C=O) groups is 1. The number of aryl methyl sites for hydroxylation is 2. The van der Waals surface area contributed by atoms with Gasteiger partial charge < -0.3 is 14.5 Å². The molecule has 4 aromatic rings. The fourth-order valence-corrected chi connectivity index (χ4v) is 6.73. The summed E-state index contributed by atoms with van der Waals surface area (Å²) < 4.78 is 4.01. The number of rotatable bonds is 6. The summed E-state index contributed by atoms with van der Waals surface area (Å²) in [5.41, 5.74) is 5.27. The Kier molecular flexibility index (Phi) is 6.30. The number of benzene rings is 2. The van der Waals surface area contributed by atoms with Gasteiger partial charge in [0.2, 0.25) is 0 Å². The molecule has 1 amide bonds. The van der Waals surface area contributed by atoms with Crippen LogP contribution in [0.1, 0.15) is 66.8 Å². The number of carbonyl (C=O) groups excluding carboxylic acids is 1. The fourth-order valence-electron chi connectivity index (χ4n) is 6.73. The van der Waals surface area contributed by atoms with E-state index in [0.717, 1.165) is 60.6 Å². The summed E-state index contributed by atoms with van der Waals surface area (Å²) in [6.45, 7) is 7.65. The van der Waals surface area contributed by atoms with E-state index in [1.807, 2.05) is 41.4 Å². The number of anilines is 1. The summed E-state index contributed by atoms with van der Waals surface area (Å²) >= 11 is 0. The van der Waals surface area contributed by atoms with Crippen LogP contribution in [-0.4, -0.2) is 48.2 Å². The van der Waals surface area contributed by atoms with Crippen LogP contribution in [0.3, 0.4) is 0 Å². The first-order valence-corrected chi connectivity index (χ1v) is 13.7. The minimum atomic E-state index is -0.175. The van der Waals surface area contributed by atoms with Crippen molar-refractivity contribution in [3.63, 3.8) is 0 Å². The first-order valence-electron chi connectivity index (χ1n) is 13.7. The maximum absolute atomic E-state index is 13.7. The van der Waals surface area contributed by atoms with Gasteiger partial charge >= 0.3 is 0 Å². The number of nitrogens with zero attached hydrogens (tertiary/aromatic N) is 6. The van der Waals surface area contributed by atoms with Gasteiger partial charge in [-0.15, -0.1) is 10.2 Å². The lowest BCUT2D eigenvalue weighted by Crippen LogP contribution is -2.43. The zero-order valence-corrected chi connectivity index (χ0v) is 22.8. The first kappa shape index (κ1) is 24.8. The second-order valence-corrected chi connectivity index (χ2v) is 11.7. The molecule has 1 N–H and O–H groups in total. The Bertz CT molecular complexity index is 1480. The molecule has 38 heavy (non-hydrogen) atoms. The molecular weight excluding hydrogens is 474 g/mol. The minimum Gasteiger partial charge on any atom is -0.334 e. The summed E-state index contributed by atoms with van der Waals surface area (Å²) in [6, 6.07) is 12.4. The number of fused-ring (bicyclic) bond motifs is 1. The van der Waals surface area contributed by atoms with Crippen LogP contribution in [0.4, 0.5) is 5.69 Å². The van der Waals surface area contributed by atoms with Crippen molar-refractivity contribution < 1.29 is 4.79 Å². The lowest BCUT2D eigenvalue weighted by molar-refractivity contribution is 0.102. The van der Waals surface area contributed by atoms with E-state index in [1.165, 1.54) is 18.4 Å². The molecule has 6 rings (SSSR count). The molecule has 1 aliphatic carbocycles. The Morgan fingerprint density at radius 2 is 1.92 bits per heavy atom.